The molecule has 26 heavy (non-hydrogen) atoms. The lowest BCUT2D eigenvalue weighted by atomic mass is 10.2. The second-order valence-corrected chi connectivity index (χ2v) is 8.07. The molecule has 0 aliphatic heterocycles. The lowest BCUT2D eigenvalue weighted by molar-refractivity contribution is -0.116. The van der Waals surface area contributed by atoms with Crippen molar-refractivity contribution < 1.29 is 22.4 Å². The van der Waals surface area contributed by atoms with E-state index in [1.807, 2.05) is 19.1 Å². The second-order valence-electron chi connectivity index (χ2n) is 5.34. The maximum Gasteiger partial charge on any atom is 0.287 e. The molecule has 8 nitrogen and oxygen atoms in total. The van der Waals surface area contributed by atoms with Gasteiger partial charge in [-0.05, 0) is 43.8 Å². The highest BCUT2D eigenvalue weighted by Gasteiger charge is 2.19. The zero-order valence-electron chi connectivity index (χ0n) is 14.1. The minimum Gasteiger partial charge on any atom is -0.438 e. The average molecular weight is 444 g/mol. The number of carbonyl (C=O) groups is 2. The van der Waals surface area contributed by atoms with Gasteiger partial charge in [-0.1, -0.05) is 22.0 Å². The van der Waals surface area contributed by atoms with Crippen molar-refractivity contribution in [2.45, 2.75) is 18.4 Å². The van der Waals surface area contributed by atoms with Gasteiger partial charge in [0.1, 0.15) is 0 Å². The van der Waals surface area contributed by atoms with Gasteiger partial charge in [0.05, 0.1) is 0 Å². The van der Waals surface area contributed by atoms with Crippen molar-refractivity contribution in [2.24, 2.45) is 0 Å². The first-order chi connectivity index (χ1) is 12.2. The first kappa shape index (κ1) is 20.1. The largest absolute Gasteiger partial charge is 0.438 e. The van der Waals surface area contributed by atoms with E-state index < -0.39 is 15.9 Å². The maximum absolute atomic E-state index is 12.0. The van der Waals surface area contributed by atoms with Crippen molar-refractivity contribution in [3.63, 3.8) is 0 Å². The number of carbonyl (C=O) groups excluding carboxylic acids is 2. The van der Waals surface area contributed by atoms with Crippen LogP contribution in [0.25, 0.3) is 0 Å². The Morgan fingerprint density at radius 1 is 1.19 bits per heavy atom. The third-order valence-corrected chi connectivity index (χ3v) is 5.23. The van der Waals surface area contributed by atoms with Crippen LogP contribution in [0.4, 0.5) is 5.69 Å². The fourth-order valence-corrected chi connectivity index (χ4v) is 3.01. The summed E-state index contributed by atoms with van der Waals surface area (Å²) in [6, 6.07) is 7.97. The van der Waals surface area contributed by atoms with Crippen LogP contribution in [-0.2, 0) is 14.8 Å². The summed E-state index contributed by atoms with van der Waals surface area (Å²) < 4.78 is 31.1. The van der Waals surface area contributed by atoms with Crippen LogP contribution in [0.2, 0.25) is 0 Å². The van der Waals surface area contributed by atoms with Crippen LogP contribution >= 0.6 is 15.9 Å². The molecule has 2 amide bonds. The van der Waals surface area contributed by atoms with E-state index in [2.05, 4.69) is 31.3 Å². The molecule has 0 radical (unpaired) electrons. The summed E-state index contributed by atoms with van der Waals surface area (Å²) >= 11 is 3.34. The molecule has 3 N–H and O–H groups in total. The van der Waals surface area contributed by atoms with E-state index in [1.165, 1.54) is 19.2 Å². The Morgan fingerprint density at radius 2 is 1.92 bits per heavy atom. The monoisotopic (exact) mass is 443 g/mol. The van der Waals surface area contributed by atoms with Gasteiger partial charge in [0.25, 0.3) is 15.9 Å². The molecule has 0 fully saturated rings. The SMILES string of the molecule is CNS(=O)(=O)c1ccc(C(=O)NCCC(=O)Nc2cc(Br)ccc2C)o1. The summed E-state index contributed by atoms with van der Waals surface area (Å²) in [7, 11) is -2.51. The van der Waals surface area contributed by atoms with E-state index >= 15 is 0 Å². The van der Waals surface area contributed by atoms with Crippen LogP contribution in [0, 0.1) is 6.92 Å². The highest BCUT2D eigenvalue weighted by atomic mass is 79.9. The van der Waals surface area contributed by atoms with Crippen LogP contribution < -0.4 is 15.4 Å². The van der Waals surface area contributed by atoms with E-state index in [0.29, 0.717) is 5.69 Å². The molecule has 1 aromatic heterocycles. The molecule has 1 heterocycles. The Bertz CT molecular complexity index is 924. The molecule has 0 bridgehead atoms. The summed E-state index contributed by atoms with van der Waals surface area (Å²) in [5.41, 5.74) is 1.60. The normalized spacial score (nSPS) is 11.2. The van der Waals surface area contributed by atoms with Gasteiger partial charge in [0.15, 0.2) is 5.76 Å². The van der Waals surface area contributed by atoms with Crippen LogP contribution in [0.5, 0.6) is 0 Å². The van der Waals surface area contributed by atoms with Gasteiger partial charge in [-0.2, -0.15) is 0 Å². The van der Waals surface area contributed by atoms with E-state index in [0.717, 1.165) is 10.0 Å². The van der Waals surface area contributed by atoms with Crippen LogP contribution in [0.1, 0.15) is 22.5 Å². The minimum atomic E-state index is -3.75. The minimum absolute atomic E-state index is 0.0556. The molecule has 0 aliphatic carbocycles. The number of hydrogen-bond acceptors (Lipinski definition) is 5. The van der Waals surface area contributed by atoms with Gasteiger partial charge in [-0.3, -0.25) is 9.59 Å². The van der Waals surface area contributed by atoms with E-state index in [9.17, 15) is 18.0 Å². The number of hydrogen-bond donors (Lipinski definition) is 3. The highest BCUT2D eigenvalue weighted by molar-refractivity contribution is 9.10. The molecular weight excluding hydrogens is 426 g/mol. The van der Waals surface area contributed by atoms with E-state index in [1.54, 1.807) is 6.07 Å². The van der Waals surface area contributed by atoms with Crippen molar-refractivity contribution in [1.82, 2.24) is 10.0 Å². The third kappa shape index (κ3) is 5.16. The predicted molar refractivity (Wildman–Crippen MR) is 99.4 cm³/mol. The Balaban J connectivity index is 1.86. The van der Waals surface area contributed by atoms with Crippen molar-refractivity contribution in [2.75, 3.05) is 18.9 Å². The van der Waals surface area contributed by atoms with Crippen LogP contribution in [-0.4, -0.2) is 33.8 Å². The molecule has 0 spiro atoms. The average Bonchev–Trinajstić information content (AvgIpc) is 3.09. The number of halogens is 1. The summed E-state index contributed by atoms with van der Waals surface area (Å²) in [5.74, 6) is -1.01. The molecule has 140 valence electrons. The number of benzene rings is 1. The highest BCUT2D eigenvalue weighted by Crippen LogP contribution is 2.20. The Labute approximate surface area is 159 Å². The lowest BCUT2D eigenvalue weighted by Crippen LogP contribution is -2.27. The van der Waals surface area contributed by atoms with Gasteiger partial charge in [-0.15, -0.1) is 0 Å². The summed E-state index contributed by atoms with van der Waals surface area (Å²) in [6.45, 7) is 1.95. The fourth-order valence-electron chi connectivity index (χ4n) is 2.01. The quantitative estimate of drug-likeness (QED) is 0.604. The molecule has 10 heteroatoms. The first-order valence-corrected chi connectivity index (χ1v) is 9.88. The summed E-state index contributed by atoms with van der Waals surface area (Å²) in [5, 5.41) is 4.92. The maximum atomic E-state index is 12.0. The zero-order chi connectivity index (χ0) is 19.3. The van der Waals surface area contributed by atoms with Crippen molar-refractivity contribution >= 4 is 43.5 Å². The van der Waals surface area contributed by atoms with Gasteiger partial charge < -0.3 is 15.1 Å². The number of aryl methyl sites for hydroxylation is 1. The topological polar surface area (TPSA) is 118 Å². The molecule has 2 rings (SSSR count). The van der Waals surface area contributed by atoms with Crippen molar-refractivity contribution in [3.05, 3.63) is 46.1 Å². The summed E-state index contributed by atoms with van der Waals surface area (Å²) in [6.07, 6.45) is 0.0556. The smallest absolute Gasteiger partial charge is 0.287 e. The number of amides is 2. The third-order valence-electron chi connectivity index (χ3n) is 3.45. The summed E-state index contributed by atoms with van der Waals surface area (Å²) in [4.78, 5) is 23.9. The molecular formula is C16H18BrN3O5S. The molecule has 1 aromatic carbocycles. The molecule has 0 atom stereocenters. The van der Waals surface area contributed by atoms with E-state index in [4.69, 9.17) is 4.42 Å². The van der Waals surface area contributed by atoms with Crippen LogP contribution in [0.15, 0.2) is 44.3 Å². The Morgan fingerprint density at radius 3 is 2.62 bits per heavy atom. The first-order valence-electron chi connectivity index (χ1n) is 7.60. The fraction of sp³-hybridized carbons (Fsp3) is 0.250. The number of anilines is 1. The van der Waals surface area contributed by atoms with E-state index in [-0.39, 0.29) is 29.7 Å². The molecule has 2 aromatic rings. The molecule has 0 unspecified atom stereocenters. The van der Waals surface area contributed by atoms with Crippen molar-refractivity contribution in [1.29, 1.82) is 0 Å². The predicted octanol–water partition coefficient (Wildman–Crippen LogP) is 2.02. The lowest BCUT2D eigenvalue weighted by Gasteiger charge is -2.09. The Kier molecular flexibility index (Phi) is 6.57. The van der Waals surface area contributed by atoms with Gasteiger partial charge >= 0.3 is 0 Å². The van der Waals surface area contributed by atoms with Crippen LogP contribution in [0.3, 0.4) is 0 Å². The molecule has 0 saturated carbocycles. The zero-order valence-corrected chi connectivity index (χ0v) is 16.5. The Hall–Kier alpha value is -2.17. The number of furan rings is 1. The second kappa shape index (κ2) is 8.47. The standard InChI is InChI=1S/C16H18BrN3O5S/c1-10-3-4-11(17)9-12(10)20-14(21)7-8-19-16(22)13-5-6-15(25-13)26(23,24)18-2/h3-6,9,18H,7-8H2,1-2H3,(H,19,22)(H,20,21). The number of sulfonamides is 1. The van der Waals surface area contributed by atoms with Gasteiger partial charge in [-0.25, -0.2) is 13.1 Å². The number of rotatable bonds is 7. The number of nitrogens with one attached hydrogen (secondary N) is 3. The van der Waals surface area contributed by atoms with Gasteiger partial charge in [0.2, 0.25) is 11.0 Å². The molecule has 0 aliphatic rings. The molecule has 0 saturated heterocycles. The van der Waals surface area contributed by atoms with Gasteiger partial charge in [0, 0.05) is 23.1 Å². The van der Waals surface area contributed by atoms with Crippen molar-refractivity contribution in [3.8, 4) is 0 Å².